The Bertz CT molecular complexity index is 242. The lowest BCUT2D eigenvalue weighted by Crippen LogP contribution is -2.34. The van der Waals surface area contributed by atoms with Gasteiger partial charge in [0.25, 0.3) is 0 Å². The van der Waals surface area contributed by atoms with Gasteiger partial charge in [-0.15, -0.1) is 0 Å². The predicted molar refractivity (Wildman–Crippen MR) is 72.2 cm³/mol. The molecular formula is C12H20INO. The summed E-state index contributed by atoms with van der Waals surface area (Å²) < 4.78 is 1.04. The molecule has 0 N–H and O–H groups in total. The maximum atomic E-state index is 11.8. The third-order valence-electron chi connectivity index (χ3n) is 2.69. The molecule has 1 rings (SSSR count). The highest BCUT2D eigenvalue weighted by Gasteiger charge is 2.16. The molecule has 15 heavy (non-hydrogen) atoms. The van der Waals surface area contributed by atoms with Crippen LogP contribution in [0.5, 0.6) is 0 Å². The van der Waals surface area contributed by atoms with E-state index in [0.717, 1.165) is 30.4 Å². The molecule has 2 nitrogen and oxygen atoms in total. The van der Waals surface area contributed by atoms with Crippen LogP contribution in [-0.2, 0) is 4.79 Å². The van der Waals surface area contributed by atoms with Gasteiger partial charge in [0.2, 0.25) is 5.91 Å². The van der Waals surface area contributed by atoms with Gasteiger partial charge >= 0.3 is 0 Å². The van der Waals surface area contributed by atoms with Crippen LogP contribution in [0, 0.1) is 5.41 Å². The molecule has 0 aliphatic carbocycles. The van der Waals surface area contributed by atoms with E-state index in [9.17, 15) is 4.79 Å². The van der Waals surface area contributed by atoms with Crippen LogP contribution in [0.25, 0.3) is 0 Å². The van der Waals surface area contributed by atoms with Crippen molar-refractivity contribution in [1.82, 2.24) is 4.90 Å². The van der Waals surface area contributed by atoms with Crippen LogP contribution < -0.4 is 0 Å². The highest BCUT2D eigenvalue weighted by molar-refractivity contribution is 14.1. The van der Waals surface area contributed by atoms with Gasteiger partial charge in [0.05, 0.1) is 0 Å². The molecule has 0 saturated carbocycles. The van der Waals surface area contributed by atoms with Crippen LogP contribution in [0.2, 0.25) is 0 Å². The van der Waals surface area contributed by atoms with Crippen LogP contribution in [0.1, 0.15) is 33.1 Å². The first-order valence-corrected chi connectivity index (χ1v) is 7.12. The second-order valence-corrected chi connectivity index (χ2v) is 5.60. The molecule has 1 fully saturated rings. The van der Waals surface area contributed by atoms with Crippen LogP contribution >= 0.6 is 22.6 Å². The van der Waals surface area contributed by atoms with Crippen molar-refractivity contribution in [3.8, 4) is 0 Å². The first-order valence-electron chi connectivity index (χ1n) is 5.59. The van der Waals surface area contributed by atoms with Crippen molar-refractivity contribution in [2.24, 2.45) is 5.41 Å². The molecule has 3 heteroatoms. The summed E-state index contributed by atoms with van der Waals surface area (Å²) in [6.07, 6.45) is 7.39. The van der Waals surface area contributed by atoms with Crippen molar-refractivity contribution in [2.75, 3.05) is 17.5 Å². The lowest BCUT2D eigenvalue weighted by atomic mass is 9.96. The Morgan fingerprint density at radius 3 is 2.47 bits per heavy atom. The van der Waals surface area contributed by atoms with Crippen LogP contribution in [0.3, 0.4) is 0 Å². The first-order chi connectivity index (χ1) is 7.05. The van der Waals surface area contributed by atoms with Crippen molar-refractivity contribution in [2.45, 2.75) is 33.1 Å². The highest BCUT2D eigenvalue weighted by Crippen LogP contribution is 2.20. The number of carbonyl (C=O) groups is 1. The molecule has 0 bridgehead atoms. The van der Waals surface area contributed by atoms with Crippen LogP contribution in [0.15, 0.2) is 12.2 Å². The topological polar surface area (TPSA) is 20.3 Å². The number of piperidine rings is 1. The lowest BCUT2D eigenvalue weighted by Gasteiger charge is -2.26. The zero-order chi connectivity index (χ0) is 11.3. The normalized spacial score (nSPS) is 18.5. The Kier molecular flexibility index (Phi) is 5.09. The number of likely N-dealkylation sites (tertiary alicyclic amines) is 1. The van der Waals surface area contributed by atoms with E-state index >= 15 is 0 Å². The zero-order valence-corrected chi connectivity index (χ0v) is 11.8. The molecule has 0 aromatic carbocycles. The molecule has 86 valence electrons. The number of amides is 1. The summed E-state index contributed by atoms with van der Waals surface area (Å²) in [4.78, 5) is 13.8. The molecule has 1 aliphatic heterocycles. The van der Waals surface area contributed by atoms with Gasteiger partial charge in [-0.2, -0.15) is 0 Å². The van der Waals surface area contributed by atoms with Crippen molar-refractivity contribution < 1.29 is 4.79 Å². The molecule has 0 radical (unpaired) electrons. The Morgan fingerprint density at radius 1 is 1.33 bits per heavy atom. The average molecular weight is 321 g/mol. The van der Waals surface area contributed by atoms with Crippen LogP contribution in [0.4, 0.5) is 0 Å². The van der Waals surface area contributed by atoms with E-state index in [0.29, 0.717) is 0 Å². The van der Waals surface area contributed by atoms with Crippen molar-refractivity contribution in [3.63, 3.8) is 0 Å². The number of halogens is 1. The van der Waals surface area contributed by atoms with E-state index in [-0.39, 0.29) is 11.3 Å². The van der Waals surface area contributed by atoms with Gasteiger partial charge in [-0.1, -0.05) is 42.5 Å². The molecular weight excluding hydrogens is 301 g/mol. The van der Waals surface area contributed by atoms with Gasteiger partial charge in [-0.3, -0.25) is 4.79 Å². The Hall–Kier alpha value is -0.0600. The van der Waals surface area contributed by atoms with Gasteiger partial charge < -0.3 is 4.90 Å². The van der Waals surface area contributed by atoms with Gasteiger partial charge in [0.15, 0.2) is 0 Å². The molecule has 1 aliphatic rings. The molecule has 1 heterocycles. The highest BCUT2D eigenvalue weighted by atomic mass is 127. The van der Waals surface area contributed by atoms with E-state index in [1.165, 1.54) is 6.42 Å². The second kappa shape index (κ2) is 5.87. The van der Waals surface area contributed by atoms with Gasteiger partial charge in [-0.05, 0) is 30.8 Å². The minimum atomic E-state index is 0.131. The fourth-order valence-corrected chi connectivity index (χ4v) is 1.82. The van der Waals surface area contributed by atoms with E-state index in [4.69, 9.17) is 0 Å². The summed E-state index contributed by atoms with van der Waals surface area (Å²) in [5, 5.41) is 0. The minimum Gasteiger partial charge on any atom is -0.339 e. The Morgan fingerprint density at radius 2 is 1.93 bits per heavy atom. The quantitative estimate of drug-likeness (QED) is 0.444. The largest absolute Gasteiger partial charge is 0.339 e. The number of rotatable bonds is 3. The Balaban J connectivity index is 2.47. The van der Waals surface area contributed by atoms with Crippen molar-refractivity contribution >= 4 is 28.5 Å². The molecule has 1 saturated heterocycles. The molecule has 0 aromatic heterocycles. The van der Waals surface area contributed by atoms with Gasteiger partial charge in [0.1, 0.15) is 0 Å². The van der Waals surface area contributed by atoms with E-state index in [2.05, 4.69) is 36.4 Å². The fraction of sp³-hybridized carbons (Fsp3) is 0.750. The summed E-state index contributed by atoms with van der Waals surface area (Å²) in [5.41, 5.74) is 0.131. The van der Waals surface area contributed by atoms with E-state index in [1.807, 2.05) is 11.0 Å². The van der Waals surface area contributed by atoms with Gasteiger partial charge in [0, 0.05) is 17.5 Å². The van der Waals surface area contributed by atoms with Gasteiger partial charge in [-0.25, -0.2) is 0 Å². The smallest absolute Gasteiger partial charge is 0.246 e. The molecule has 1 amide bonds. The van der Waals surface area contributed by atoms with Crippen molar-refractivity contribution in [3.05, 3.63) is 12.2 Å². The summed E-state index contributed by atoms with van der Waals surface area (Å²) >= 11 is 2.36. The van der Waals surface area contributed by atoms with E-state index < -0.39 is 0 Å². The number of carbonyl (C=O) groups excluding carboxylic acids is 1. The van der Waals surface area contributed by atoms with E-state index in [1.54, 1.807) is 6.08 Å². The third kappa shape index (κ3) is 4.53. The third-order valence-corrected chi connectivity index (χ3v) is 4.66. The van der Waals surface area contributed by atoms with Crippen LogP contribution in [-0.4, -0.2) is 28.3 Å². The molecule has 0 spiro atoms. The number of hydrogen-bond donors (Lipinski definition) is 0. The zero-order valence-electron chi connectivity index (χ0n) is 9.63. The minimum absolute atomic E-state index is 0.131. The lowest BCUT2D eigenvalue weighted by molar-refractivity contribution is -0.126. The predicted octanol–water partition coefficient (Wildman–Crippen LogP) is 3.02. The maximum absolute atomic E-state index is 11.8. The SMILES string of the molecule is CC(C)(C=CC(=O)N1CCCCC1)CI. The number of hydrogen-bond acceptors (Lipinski definition) is 1. The molecule has 0 aromatic rings. The summed E-state index contributed by atoms with van der Waals surface area (Å²) in [7, 11) is 0. The molecule has 0 unspecified atom stereocenters. The van der Waals surface area contributed by atoms with Crippen molar-refractivity contribution in [1.29, 1.82) is 0 Å². The summed E-state index contributed by atoms with van der Waals surface area (Å²) in [5.74, 6) is 0.188. The summed E-state index contributed by atoms with van der Waals surface area (Å²) in [6.45, 7) is 6.18. The monoisotopic (exact) mass is 321 g/mol. The Labute approximate surface area is 106 Å². The number of allylic oxidation sites excluding steroid dienone is 1. The second-order valence-electron chi connectivity index (χ2n) is 4.84. The number of nitrogens with zero attached hydrogens (tertiary/aromatic N) is 1. The first kappa shape index (κ1) is 13.0. The summed E-state index contributed by atoms with van der Waals surface area (Å²) in [6, 6.07) is 0. The fourth-order valence-electron chi connectivity index (χ4n) is 1.56. The maximum Gasteiger partial charge on any atom is 0.246 e. The number of alkyl halides is 1. The average Bonchev–Trinajstić information content (AvgIpc) is 2.27. The standard InChI is InChI=1S/C12H20INO/c1-12(2,10-13)7-6-11(15)14-8-4-3-5-9-14/h6-7H,3-5,8-10H2,1-2H3. The molecule has 0 atom stereocenters.